The predicted octanol–water partition coefficient (Wildman–Crippen LogP) is 2.94. The van der Waals surface area contributed by atoms with Crippen LogP contribution in [0.25, 0.3) is 0 Å². The molecule has 0 unspecified atom stereocenters. The van der Waals surface area contributed by atoms with E-state index in [-0.39, 0.29) is 17.7 Å². The Morgan fingerprint density at radius 3 is 1.61 bits per heavy atom. The summed E-state index contributed by atoms with van der Waals surface area (Å²) in [5, 5.41) is 0. The molecule has 0 radical (unpaired) electrons. The van der Waals surface area contributed by atoms with Gasteiger partial charge in [0.25, 0.3) is 0 Å². The molecule has 1 atom stereocenters. The molecule has 0 heterocycles. The molecular weight excluding hydrogens is 222 g/mol. The summed E-state index contributed by atoms with van der Waals surface area (Å²) in [5.74, 6) is -0.479. The van der Waals surface area contributed by atoms with Crippen LogP contribution in [0.4, 0.5) is 0 Å². The van der Waals surface area contributed by atoms with Gasteiger partial charge in [0.05, 0.1) is 0 Å². The van der Waals surface area contributed by atoms with Gasteiger partial charge in [-0.25, -0.2) is 0 Å². The molecule has 0 saturated heterocycles. The summed E-state index contributed by atoms with van der Waals surface area (Å²) in [6, 6.07) is 20.0. The van der Waals surface area contributed by atoms with Gasteiger partial charge in [0, 0.05) is 11.8 Å². The maximum atomic E-state index is 11.5. The maximum Gasteiger partial charge on any atom is 0.221 e. The highest BCUT2D eigenvalue weighted by atomic mass is 16.1. The topological polar surface area (TPSA) is 43.1 Å². The first kappa shape index (κ1) is 12.4. The summed E-state index contributed by atoms with van der Waals surface area (Å²) in [6.45, 7) is 1.88. The van der Waals surface area contributed by atoms with Gasteiger partial charge >= 0.3 is 0 Å². The second-order valence-corrected chi connectivity index (χ2v) is 4.49. The minimum Gasteiger partial charge on any atom is -0.369 e. The summed E-state index contributed by atoms with van der Waals surface area (Å²) >= 11 is 0. The van der Waals surface area contributed by atoms with Gasteiger partial charge in [0.2, 0.25) is 5.91 Å². The van der Waals surface area contributed by atoms with Gasteiger partial charge in [-0.3, -0.25) is 4.79 Å². The molecular formula is C16H17NO. The minimum absolute atomic E-state index is 0.0184. The molecule has 2 N–H and O–H groups in total. The largest absolute Gasteiger partial charge is 0.369 e. The minimum atomic E-state index is -0.271. The molecule has 0 fully saturated rings. The summed E-state index contributed by atoms with van der Waals surface area (Å²) in [7, 11) is 0. The number of carbonyl (C=O) groups is 1. The predicted molar refractivity (Wildman–Crippen MR) is 73.1 cm³/mol. The zero-order chi connectivity index (χ0) is 13.0. The van der Waals surface area contributed by atoms with Crippen LogP contribution in [-0.4, -0.2) is 5.91 Å². The Morgan fingerprint density at radius 2 is 1.28 bits per heavy atom. The van der Waals surface area contributed by atoms with Crippen LogP contribution in [-0.2, 0) is 4.79 Å². The van der Waals surface area contributed by atoms with Crippen molar-refractivity contribution in [3.8, 4) is 0 Å². The van der Waals surface area contributed by atoms with E-state index in [0.29, 0.717) is 0 Å². The van der Waals surface area contributed by atoms with Gasteiger partial charge < -0.3 is 5.73 Å². The van der Waals surface area contributed by atoms with Crippen molar-refractivity contribution in [1.29, 1.82) is 0 Å². The van der Waals surface area contributed by atoms with Crippen LogP contribution in [0.15, 0.2) is 60.7 Å². The number of rotatable bonds is 4. The number of primary amides is 1. The molecule has 0 aliphatic rings. The second kappa shape index (κ2) is 5.50. The highest BCUT2D eigenvalue weighted by Crippen LogP contribution is 2.31. The third kappa shape index (κ3) is 2.59. The van der Waals surface area contributed by atoms with Gasteiger partial charge in [-0.2, -0.15) is 0 Å². The fraction of sp³-hybridized carbons (Fsp3) is 0.188. The Labute approximate surface area is 107 Å². The normalized spacial score (nSPS) is 12.3. The van der Waals surface area contributed by atoms with Gasteiger partial charge in [-0.05, 0) is 11.1 Å². The molecule has 2 rings (SSSR count). The van der Waals surface area contributed by atoms with Crippen molar-refractivity contribution in [3.63, 3.8) is 0 Å². The zero-order valence-electron chi connectivity index (χ0n) is 10.4. The van der Waals surface area contributed by atoms with Gasteiger partial charge in [-0.15, -0.1) is 0 Å². The van der Waals surface area contributed by atoms with Crippen molar-refractivity contribution < 1.29 is 4.79 Å². The fourth-order valence-electron chi connectivity index (χ4n) is 2.25. The average molecular weight is 239 g/mol. The van der Waals surface area contributed by atoms with Crippen molar-refractivity contribution in [2.45, 2.75) is 12.8 Å². The van der Waals surface area contributed by atoms with E-state index in [4.69, 9.17) is 5.73 Å². The quantitative estimate of drug-likeness (QED) is 0.875. The Hall–Kier alpha value is -2.09. The Bertz CT molecular complexity index is 468. The number of nitrogens with two attached hydrogens (primary N) is 1. The monoisotopic (exact) mass is 239 g/mol. The molecule has 0 saturated carbocycles. The van der Waals surface area contributed by atoms with E-state index >= 15 is 0 Å². The van der Waals surface area contributed by atoms with E-state index in [1.165, 1.54) is 0 Å². The first-order chi connectivity index (χ1) is 8.70. The fourth-order valence-corrected chi connectivity index (χ4v) is 2.25. The van der Waals surface area contributed by atoms with Crippen molar-refractivity contribution in [2.24, 2.45) is 11.7 Å². The lowest BCUT2D eigenvalue weighted by atomic mass is 9.81. The number of amides is 1. The molecule has 1 amide bonds. The molecule has 0 spiro atoms. The lowest BCUT2D eigenvalue weighted by Gasteiger charge is -2.22. The van der Waals surface area contributed by atoms with Crippen molar-refractivity contribution in [2.75, 3.05) is 0 Å². The standard InChI is InChI=1S/C16H17NO/c1-12(16(17)18)15(13-8-4-2-5-9-13)14-10-6-3-7-11-14/h2-12,15H,1H3,(H2,17,18)/t12-/m1/s1. The molecule has 2 nitrogen and oxygen atoms in total. The van der Waals surface area contributed by atoms with Crippen molar-refractivity contribution >= 4 is 5.91 Å². The molecule has 2 aromatic carbocycles. The molecule has 2 aromatic rings. The maximum absolute atomic E-state index is 11.5. The van der Waals surface area contributed by atoms with E-state index < -0.39 is 0 Å². The Kier molecular flexibility index (Phi) is 3.78. The van der Waals surface area contributed by atoms with E-state index in [2.05, 4.69) is 0 Å². The van der Waals surface area contributed by atoms with E-state index in [0.717, 1.165) is 11.1 Å². The third-order valence-electron chi connectivity index (χ3n) is 3.27. The van der Waals surface area contributed by atoms with Crippen LogP contribution in [0, 0.1) is 5.92 Å². The lowest BCUT2D eigenvalue weighted by molar-refractivity contribution is -0.121. The van der Waals surface area contributed by atoms with Crippen molar-refractivity contribution in [3.05, 3.63) is 71.8 Å². The molecule has 0 aromatic heterocycles. The second-order valence-electron chi connectivity index (χ2n) is 4.49. The van der Waals surface area contributed by atoms with Crippen LogP contribution in [0.3, 0.4) is 0 Å². The first-order valence-corrected chi connectivity index (χ1v) is 6.09. The summed E-state index contributed by atoms with van der Waals surface area (Å²) in [6.07, 6.45) is 0. The van der Waals surface area contributed by atoms with E-state index in [9.17, 15) is 4.79 Å². The van der Waals surface area contributed by atoms with Crippen LogP contribution >= 0.6 is 0 Å². The Balaban J connectivity index is 2.45. The molecule has 0 aliphatic heterocycles. The van der Waals surface area contributed by atoms with Gasteiger partial charge in [-0.1, -0.05) is 67.6 Å². The van der Waals surface area contributed by atoms with Gasteiger partial charge in [0.1, 0.15) is 0 Å². The summed E-state index contributed by atoms with van der Waals surface area (Å²) in [4.78, 5) is 11.5. The van der Waals surface area contributed by atoms with E-state index in [1.807, 2.05) is 67.6 Å². The van der Waals surface area contributed by atoms with Crippen LogP contribution in [0.2, 0.25) is 0 Å². The van der Waals surface area contributed by atoms with Crippen molar-refractivity contribution in [1.82, 2.24) is 0 Å². The third-order valence-corrected chi connectivity index (χ3v) is 3.27. The molecule has 0 bridgehead atoms. The molecule has 18 heavy (non-hydrogen) atoms. The number of carbonyl (C=O) groups excluding carboxylic acids is 1. The van der Waals surface area contributed by atoms with Crippen LogP contribution in [0.5, 0.6) is 0 Å². The van der Waals surface area contributed by atoms with Crippen LogP contribution in [0.1, 0.15) is 24.0 Å². The molecule has 2 heteroatoms. The highest BCUT2D eigenvalue weighted by molar-refractivity contribution is 5.78. The SMILES string of the molecule is C[C@@H](C(N)=O)C(c1ccccc1)c1ccccc1. The molecule has 92 valence electrons. The first-order valence-electron chi connectivity index (χ1n) is 6.09. The van der Waals surface area contributed by atoms with Crippen LogP contribution < -0.4 is 5.73 Å². The number of hydrogen-bond acceptors (Lipinski definition) is 1. The number of hydrogen-bond donors (Lipinski definition) is 1. The zero-order valence-corrected chi connectivity index (χ0v) is 10.4. The van der Waals surface area contributed by atoms with E-state index in [1.54, 1.807) is 0 Å². The Morgan fingerprint density at radius 1 is 0.889 bits per heavy atom. The smallest absolute Gasteiger partial charge is 0.221 e. The molecule has 0 aliphatic carbocycles. The average Bonchev–Trinajstić information content (AvgIpc) is 2.41. The summed E-state index contributed by atoms with van der Waals surface area (Å²) < 4.78 is 0. The lowest BCUT2D eigenvalue weighted by Crippen LogP contribution is -2.27. The summed E-state index contributed by atoms with van der Waals surface area (Å²) in [5.41, 5.74) is 7.71. The van der Waals surface area contributed by atoms with Gasteiger partial charge in [0.15, 0.2) is 0 Å². The number of benzene rings is 2. The highest BCUT2D eigenvalue weighted by Gasteiger charge is 2.24.